The van der Waals surface area contributed by atoms with Crippen LogP contribution < -0.4 is 10.6 Å². The van der Waals surface area contributed by atoms with E-state index in [4.69, 9.17) is 4.74 Å². The topological polar surface area (TPSA) is 67.4 Å². The van der Waals surface area contributed by atoms with E-state index in [9.17, 15) is 9.59 Å². The number of amides is 2. The van der Waals surface area contributed by atoms with Crippen LogP contribution in [0.5, 0.6) is 0 Å². The fourth-order valence-corrected chi connectivity index (χ4v) is 1.86. The number of ether oxygens (including phenoxy) is 1. The first-order valence-electron chi connectivity index (χ1n) is 8.25. The van der Waals surface area contributed by atoms with Gasteiger partial charge in [-0.25, -0.2) is 0 Å². The van der Waals surface area contributed by atoms with Crippen molar-refractivity contribution in [3.05, 3.63) is 0 Å². The van der Waals surface area contributed by atoms with E-state index in [-0.39, 0.29) is 6.10 Å². The molecule has 0 unspecified atom stereocenters. The Morgan fingerprint density at radius 2 is 1.38 bits per heavy atom. The van der Waals surface area contributed by atoms with Crippen molar-refractivity contribution in [1.82, 2.24) is 10.6 Å². The molecule has 0 aromatic rings. The molecule has 0 aliphatic carbocycles. The maximum atomic E-state index is 11.5. The van der Waals surface area contributed by atoms with Gasteiger partial charge in [0.1, 0.15) is 0 Å². The second-order valence-corrected chi connectivity index (χ2v) is 5.55. The number of rotatable bonds is 12. The molecule has 124 valence electrons. The Balaban J connectivity index is 3.43. The molecule has 0 rings (SSSR count). The standard InChI is InChI=1S/C16H32N2O3/c1-4-5-6-7-8-9-11-17-15(19)16(20)18-12-10-13-21-14(2)3/h14H,4-13H2,1-3H3,(H,17,19)(H,18,20). The smallest absolute Gasteiger partial charge is 0.309 e. The number of carbonyl (C=O) groups excluding carboxylic acids is 2. The average Bonchev–Trinajstić information content (AvgIpc) is 2.45. The maximum absolute atomic E-state index is 11.5. The van der Waals surface area contributed by atoms with E-state index in [0.29, 0.717) is 26.1 Å². The van der Waals surface area contributed by atoms with Crippen molar-refractivity contribution in [3.63, 3.8) is 0 Å². The quantitative estimate of drug-likeness (QED) is 0.429. The molecule has 5 nitrogen and oxygen atoms in total. The van der Waals surface area contributed by atoms with Gasteiger partial charge in [0.25, 0.3) is 0 Å². The van der Waals surface area contributed by atoms with Crippen LogP contribution in [0.4, 0.5) is 0 Å². The zero-order valence-electron chi connectivity index (χ0n) is 13.9. The SMILES string of the molecule is CCCCCCCCNC(=O)C(=O)NCCCOC(C)C. The zero-order chi connectivity index (χ0) is 15.9. The van der Waals surface area contributed by atoms with E-state index in [0.717, 1.165) is 12.8 Å². The lowest BCUT2D eigenvalue weighted by molar-refractivity contribution is -0.139. The van der Waals surface area contributed by atoms with Crippen LogP contribution in [-0.2, 0) is 14.3 Å². The number of hydrogen-bond acceptors (Lipinski definition) is 3. The summed E-state index contributed by atoms with van der Waals surface area (Å²) in [7, 11) is 0. The molecule has 0 bridgehead atoms. The molecule has 2 amide bonds. The first kappa shape index (κ1) is 19.9. The van der Waals surface area contributed by atoms with Crippen LogP contribution in [0.1, 0.15) is 65.7 Å². The summed E-state index contributed by atoms with van der Waals surface area (Å²) in [6.07, 6.45) is 7.92. The molecular weight excluding hydrogens is 268 g/mol. The van der Waals surface area contributed by atoms with Gasteiger partial charge in [0.15, 0.2) is 0 Å². The number of unbranched alkanes of at least 4 members (excludes halogenated alkanes) is 5. The van der Waals surface area contributed by atoms with Gasteiger partial charge in [-0.15, -0.1) is 0 Å². The van der Waals surface area contributed by atoms with Crippen LogP contribution >= 0.6 is 0 Å². The number of hydrogen-bond donors (Lipinski definition) is 2. The Morgan fingerprint density at radius 3 is 1.95 bits per heavy atom. The van der Waals surface area contributed by atoms with Crippen LogP contribution in [0.3, 0.4) is 0 Å². The lowest BCUT2D eigenvalue weighted by atomic mass is 10.1. The first-order valence-corrected chi connectivity index (χ1v) is 8.25. The molecule has 0 spiro atoms. The Bertz CT molecular complexity index is 281. The molecule has 0 aliphatic rings. The highest BCUT2D eigenvalue weighted by Gasteiger charge is 2.11. The van der Waals surface area contributed by atoms with Crippen molar-refractivity contribution in [2.75, 3.05) is 19.7 Å². The molecule has 0 atom stereocenters. The summed E-state index contributed by atoms with van der Waals surface area (Å²) in [5, 5.41) is 5.24. The summed E-state index contributed by atoms with van der Waals surface area (Å²) in [5.74, 6) is -1.08. The minimum Gasteiger partial charge on any atom is -0.379 e. The molecular formula is C16H32N2O3. The maximum Gasteiger partial charge on any atom is 0.309 e. The predicted octanol–water partition coefficient (Wildman–Crippen LogP) is 2.39. The van der Waals surface area contributed by atoms with Gasteiger partial charge in [-0.3, -0.25) is 9.59 Å². The Labute approximate surface area is 129 Å². The summed E-state index contributed by atoms with van der Waals surface area (Å²) >= 11 is 0. The molecule has 0 heterocycles. The molecule has 0 aromatic carbocycles. The lowest BCUT2D eigenvalue weighted by Gasteiger charge is -2.08. The fraction of sp³-hybridized carbons (Fsp3) is 0.875. The zero-order valence-corrected chi connectivity index (χ0v) is 13.9. The van der Waals surface area contributed by atoms with Gasteiger partial charge in [0, 0.05) is 19.7 Å². The fourth-order valence-electron chi connectivity index (χ4n) is 1.86. The highest BCUT2D eigenvalue weighted by atomic mass is 16.5. The molecule has 0 aromatic heterocycles. The normalized spacial score (nSPS) is 10.7. The summed E-state index contributed by atoms with van der Waals surface area (Å²) < 4.78 is 5.35. The lowest BCUT2D eigenvalue weighted by Crippen LogP contribution is -2.40. The minimum absolute atomic E-state index is 0.196. The van der Waals surface area contributed by atoms with Crippen molar-refractivity contribution < 1.29 is 14.3 Å². The Kier molecular flexibility index (Phi) is 13.1. The third-order valence-corrected chi connectivity index (χ3v) is 3.08. The van der Waals surface area contributed by atoms with Gasteiger partial charge < -0.3 is 15.4 Å². The predicted molar refractivity (Wildman–Crippen MR) is 85.1 cm³/mol. The molecule has 0 radical (unpaired) electrons. The molecule has 0 aliphatic heterocycles. The van der Waals surface area contributed by atoms with E-state index in [1.54, 1.807) is 0 Å². The highest BCUT2D eigenvalue weighted by molar-refractivity contribution is 6.35. The van der Waals surface area contributed by atoms with E-state index < -0.39 is 11.8 Å². The van der Waals surface area contributed by atoms with E-state index in [1.165, 1.54) is 25.7 Å². The van der Waals surface area contributed by atoms with Crippen molar-refractivity contribution in [1.29, 1.82) is 0 Å². The monoisotopic (exact) mass is 300 g/mol. The first-order chi connectivity index (χ1) is 10.1. The molecule has 0 saturated heterocycles. The summed E-state index contributed by atoms with van der Waals surface area (Å²) in [6, 6.07) is 0. The van der Waals surface area contributed by atoms with Gasteiger partial charge in [0.05, 0.1) is 6.10 Å². The van der Waals surface area contributed by atoms with Crippen molar-refractivity contribution >= 4 is 11.8 Å². The van der Waals surface area contributed by atoms with Gasteiger partial charge in [-0.1, -0.05) is 39.0 Å². The molecule has 0 fully saturated rings. The molecule has 5 heteroatoms. The molecule has 21 heavy (non-hydrogen) atoms. The van der Waals surface area contributed by atoms with Crippen molar-refractivity contribution in [2.45, 2.75) is 71.8 Å². The van der Waals surface area contributed by atoms with Crippen molar-refractivity contribution in [2.24, 2.45) is 0 Å². The molecule has 2 N–H and O–H groups in total. The highest BCUT2D eigenvalue weighted by Crippen LogP contribution is 2.03. The second-order valence-electron chi connectivity index (χ2n) is 5.55. The number of nitrogens with one attached hydrogen (secondary N) is 2. The van der Waals surface area contributed by atoms with Gasteiger partial charge in [-0.2, -0.15) is 0 Å². The third-order valence-electron chi connectivity index (χ3n) is 3.08. The number of carbonyl (C=O) groups is 2. The van der Waals surface area contributed by atoms with Crippen LogP contribution in [0.15, 0.2) is 0 Å². The van der Waals surface area contributed by atoms with Gasteiger partial charge in [0.2, 0.25) is 0 Å². The van der Waals surface area contributed by atoms with Crippen LogP contribution in [-0.4, -0.2) is 37.6 Å². The Hall–Kier alpha value is -1.10. The molecule has 0 saturated carbocycles. The van der Waals surface area contributed by atoms with Crippen molar-refractivity contribution in [3.8, 4) is 0 Å². The van der Waals surface area contributed by atoms with Crippen LogP contribution in [0, 0.1) is 0 Å². The third kappa shape index (κ3) is 13.6. The van der Waals surface area contributed by atoms with Gasteiger partial charge in [-0.05, 0) is 26.7 Å². The average molecular weight is 300 g/mol. The summed E-state index contributed by atoms with van der Waals surface area (Å²) in [5.41, 5.74) is 0. The van der Waals surface area contributed by atoms with E-state index in [1.807, 2.05) is 13.8 Å². The largest absolute Gasteiger partial charge is 0.379 e. The minimum atomic E-state index is -0.550. The second kappa shape index (κ2) is 13.9. The van der Waals surface area contributed by atoms with E-state index >= 15 is 0 Å². The summed E-state index contributed by atoms with van der Waals surface area (Å²) in [4.78, 5) is 23.0. The van der Waals surface area contributed by atoms with E-state index in [2.05, 4.69) is 17.6 Å². The van der Waals surface area contributed by atoms with Crippen LogP contribution in [0.25, 0.3) is 0 Å². The summed E-state index contributed by atoms with van der Waals surface area (Å²) in [6.45, 7) is 7.76. The van der Waals surface area contributed by atoms with Gasteiger partial charge >= 0.3 is 11.8 Å². The van der Waals surface area contributed by atoms with Crippen LogP contribution in [0.2, 0.25) is 0 Å². The Morgan fingerprint density at radius 1 is 0.857 bits per heavy atom.